The summed E-state index contributed by atoms with van der Waals surface area (Å²) in [5, 5.41) is 17.0. The van der Waals surface area contributed by atoms with E-state index in [9.17, 15) is 9.50 Å². The molecule has 0 aliphatic carbocycles. The number of nitrogens with zero attached hydrogens (tertiary/aromatic N) is 4. The van der Waals surface area contributed by atoms with Crippen molar-refractivity contribution in [2.75, 3.05) is 11.9 Å². The molecule has 4 aromatic rings. The maximum absolute atomic E-state index is 13.8. The molecule has 0 saturated carbocycles. The van der Waals surface area contributed by atoms with Gasteiger partial charge in [0.05, 0.1) is 17.2 Å². The maximum Gasteiger partial charge on any atom is 0.259 e. The van der Waals surface area contributed by atoms with Crippen LogP contribution in [0.2, 0.25) is 0 Å². The summed E-state index contributed by atoms with van der Waals surface area (Å²) in [6.45, 7) is 0.288. The van der Waals surface area contributed by atoms with Crippen molar-refractivity contribution >= 4 is 5.82 Å². The largest absolute Gasteiger partial charge is 0.387 e. The smallest absolute Gasteiger partial charge is 0.259 e. The molecule has 140 valence electrons. The van der Waals surface area contributed by atoms with E-state index in [2.05, 4.69) is 25.4 Å². The fraction of sp³-hybridized carbons (Fsp3) is 0.100. The van der Waals surface area contributed by atoms with Gasteiger partial charge in [0.2, 0.25) is 5.82 Å². The molecule has 0 aliphatic heterocycles. The van der Waals surface area contributed by atoms with Crippen LogP contribution in [0.15, 0.2) is 71.6 Å². The number of rotatable bonds is 6. The first kappa shape index (κ1) is 17.7. The van der Waals surface area contributed by atoms with Crippen molar-refractivity contribution < 1.29 is 14.0 Å². The van der Waals surface area contributed by atoms with Gasteiger partial charge in [0, 0.05) is 30.7 Å². The lowest BCUT2D eigenvalue weighted by Gasteiger charge is -2.12. The van der Waals surface area contributed by atoms with Gasteiger partial charge in [0.25, 0.3) is 5.89 Å². The van der Waals surface area contributed by atoms with Crippen LogP contribution >= 0.6 is 0 Å². The van der Waals surface area contributed by atoms with E-state index in [-0.39, 0.29) is 23.8 Å². The molecule has 4 rings (SSSR count). The minimum atomic E-state index is -0.700. The highest BCUT2D eigenvalue weighted by Crippen LogP contribution is 2.24. The van der Waals surface area contributed by atoms with E-state index in [0.717, 1.165) is 5.56 Å². The van der Waals surface area contributed by atoms with Gasteiger partial charge in [-0.1, -0.05) is 23.4 Å². The molecule has 8 heteroatoms. The lowest BCUT2D eigenvalue weighted by atomic mass is 10.1. The fourth-order valence-corrected chi connectivity index (χ4v) is 2.61. The molecular weight excluding hydrogens is 361 g/mol. The highest BCUT2D eigenvalue weighted by atomic mass is 19.1. The Morgan fingerprint density at radius 2 is 1.96 bits per heavy atom. The second-order valence-electron chi connectivity index (χ2n) is 6.02. The van der Waals surface area contributed by atoms with E-state index in [4.69, 9.17) is 4.52 Å². The number of aliphatic hydroxyl groups excluding tert-OH is 1. The Hall–Kier alpha value is -3.65. The number of benzene rings is 1. The number of anilines is 1. The molecule has 0 spiro atoms. The molecule has 1 aromatic carbocycles. The van der Waals surface area contributed by atoms with Gasteiger partial charge < -0.3 is 14.9 Å². The van der Waals surface area contributed by atoms with Gasteiger partial charge >= 0.3 is 0 Å². The van der Waals surface area contributed by atoms with Crippen molar-refractivity contribution in [3.63, 3.8) is 0 Å². The quantitative estimate of drug-likeness (QED) is 0.531. The third-order valence-corrected chi connectivity index (χ3v) is 4.10. The van der Waals surface area contributed by atoms with Crippen molar-refractivity contribution in [1.82, 2.24) is 20.1 Å². The van der Waals surface area contributed by atoms with E-state index in [1.54, 1.807) is 61.1 Å². The van der Waals surface area contributed by atoms with Gasteiger partial charge in [-0.05, 0) is 30.3 Å². The first-order valence-corrected chi connectivity index (χ1v) is 8.57. The van der Waals surface area contributed by atoms with Crippen LogP contribution in [0.1, 0.15) is 11.7 Å². The molecular formula is C20H16FN5O2. The molecule has 0 amide bonds. The van der Waals surface area contributed by atoms with Crippen molar-refractivity contribution in [1.29, 1.82) is 0 Å². The number of hydrogen-bond donors (Lipinski definition) is 2. The van der Waals surface area contributed by atoms with Gasteiger partial charge in [0.15, 0.2) is 0 Å². The van der Waals surface area contributed by atoms with Gasteiger partial charge in [-0.3, -0.25) is 4.98 Å². The molecule has 0 bridgehead atoms. The van der Waals surface area contributed by atoms with Gasteiger partial charge in [-0.2, -0.15) is 4.98 Å². The third kappa shape index (κ3) is 3.86. The van der Waals surface area contributed by atoms with Crippen LogP contribution in [0.5, 0.6) is 0 Å². The number of halogens is 1. The van der Waals surface area contributed by atoms with Gasteiger partial charge in [-0.25, -0.2) is 9.37 Å². The SMILES string of the molecule is O[C@H](CNc1ccc(-c2nc(-c3ccccc3F)no2)cn1)c1cccnc1. The Morgan fingerprint density at radius 3 is 2.71 bits per heavy atom. The molecule has 0 saturated heterocycles. The van der Waals surface area contributed by atoms with Crippen molar-refractivity contribution in [3.8, 4) is 22.8 Å². The zero-order chi connectivity index (χ0) is 19.3. The molecule has 0 aliphatic rings. The summed E-state index contributed by atoms with van der Waals surface area (Å²) in [5.74, 6) is 0.586. The van der Waals surface area contributed by atoms with E-state index in [1.807, 2.05) is 0 Å². The lowest BCUT2D eigenvalue weighted by Crippen LogP contribution is -2.13. The van der Waals surface area contributed by atoms with Crippen molar-refractivity contribution in [3.05, 3.63) is 78.5 Å². The first-order chi connectivity index (χ1) is 13.7. The maximum atomic E-state index is 13.8. The van der Waals surface area contributed by atoms with E-state index in [1.165, 1.54) is 6.07 Å². The van der Waals surface area contributed by atoms with Crippen LogP contribution in [0.25, 0.3) is 22.8 Å². The molecule has 28 heavy (non-hydrogen) atoms. The summed E-state index contributed by atoms with van der Waals surface area (Å²) in [4.78, 5) is 12.5. The molecule has 0 radical (unpaired) electrons. The Bertz CT molecular complexity index is 1050. The Labute approximate surface area is 159 Å². The average molecular weight is 377 g/mol. The normalized spacial score (nSPS) is 11.9. The number of pyridine rings is 2. The summed E-state index contributed by atoms with van der Waals surface area (Å²) in [6.07, 6.45) is 4.14. The third-order valence-electron chi connectivity index (χ3n) is 4.10. The monoisotopic (exact) mass is 377 g/mol. The van der Waals surface area contributed by atoms with Gasteiger partial charge in [0.1, 0.15) is 11.6 Å². The highest BCUT2D eigenvalue weighted by molar-refractivity contribution is 5.60. The zero-order valence-corrected chi connectivity index (χ0v) is 14.7. The van der Waals surface area contributed by atoms with Crippen molar-refractivity contribution in [2.45, 2.75) is 6.10 Å². The van der Waals surface area contributed by atoms with Crippen LogP contribution in [0, 0.1) is 5.82 Å². The Morgan fingerprint density at radius 1 is 1.07 bits per heavy atom. The molecule has 0 fully saturated rings. The van der Waals surface area contributed by atoms with Crippen molar-refractivity contribution in [2.24, 2.45) is 0 Å². The predicted molar refractivity (Wildman–Crippen MR) is 101 cm³/mol. The second kappa shape index (κ2) is 7.93. The standard InChI is InChI=1S/C20H16FN5O2/c21-16-6-2-1-5-15(16)19-25-20(28-26-19)14-7-8-18(23-11-14)24-12-17(27)13-4-3-9-22-10-13/h1-11,17,27H,12H2,(H,23,24)/t17-/m1/s1. The average Bonchev–Trinajstić information content (AvgIpc) is 3.23. The minimum absolute atomic E-state index is 0.176. The summed E-state index contributed by atoms with van der Waals surface area (Å²) in [7, 11) is 0. The molecule has 2 N–H and O–H groups in total. The fourth-order valence-electron chi connectivity index (χ4n) is 2.61. The zero-order valence-electron chi connectivity index (χ0n) is 14.7. The van der Waals surface area contributed by atoms with E-state index >= 15 is 0 Å². The Balaban J connectivity index is 1.43. The number of nitrogens with one attached hydrogen (secondary N) is 1. The summed E-state index contributed by atoms with van der Waals surface area (Å²) in [5.41, 5.74) is 1.60. The number of hydrogen-bond acceptors (Lipinski definition) is 7. The highest BCUT2D eigenvalue weighted by Gasteiger charge is 2.14. The molecule has 1 atom stereocenters. The topological polar surface area (TPSA) is 97.0 Å². The molecule has 3 aromatic heterocycles. The van der Waals surface area contributed by atoms with Crippen LogP contribution in [0.4, 0.5) is 10.2 Å². The van der Waals surface area contributed by atoms with Crippen LogP contribution in [-0.2, 0) is 0 Å². The summed E-state index contributed by atoms with van der Waals surface area (Å²) < 4.78 is 19.1. The lowest BCUT2D eigenvalue weighted by molar-refractivity contribution is 0.191. The minimum Gasteiger partial charge on any atom is -0.387 e. The summed E-state index contributed by atoms with van der Waals surface area (Å²) >= 11 is 0. The Kier molecular flexibility index (Phi) is 5.03. The van der Waals surface area contributed by atoms with E-state index in [0.29, 0.717) is 11.4 Å². The van der Waals surface area contributed by atoms with Crippen LogP contribution < -0.4 is 5.32 Å². The van der Waals surface area contributed by atoms with Crippen LogP contribution in [-0.4, -0.2) is 31.8 Å². The molecule has 7 nitrogen and oxygen atoms in total. The number of aromatic nitrogens is 4. The van der Waals surface area contributed by atoms with E-state index < -0.39 is 11.9 Å². The molecule has 0 unspecified atom stereocenters. The summed E-state index contributed by atoms with van der Waals surface area (Å²) in [6, 6.07) is 13.3. The number of aliphatic hydroxyl groups is 1. The first-order valence-electron chi connectivity index (χ1n) is 8.57. The molecule has 3 heterocycles. The van der Waals surface area contributed by atoms with Gasteiger partial charge in [-0.15, -0.1) is 0 Å². The second-order valence-corrected chi connectivity index (χ2v) is 6.02. The van der Waals surface area contributed by atoms with Crippen LogP contribution in [0.3, 0.4) is 0 Å². The predicted octanol–water partition coefficient (Wildman–Crippen LogP) is 3.48.